The highest BCUT2D eigenvalue weighted by molar-refractivity contribution is 5.84. The summed E-state index contributed by atoms with van der Waals surface area (Å²) in [5, 5.41) is 2.52. The number of rotatable bonds is 12. The third-order valence-electron chi connectivity index (χ3n) is 3.58. The Morgan fingerprint density at radius 1 is 0.900 bits per heavy atom. The van der Waals surface area contributed by atoms with E-state index >= 15 is 0 Å². The van der Waals surface area contributed by atoms with Crippen molar-refractivity contribution >= 4 is 11.8 Å². The van der Waals surface area contributed by atoms with E-state index in [2.05, 4.69) is 12.2 Å². The van der Waals surface area contributed by atoms with Gasteiger partial charge in [0.1, 0.15) is 0 Å². The van der Waals surface area contributed by atoms with Gasteiger partial charge in [0, 0.05) is 20.5 Å². The van der Waals surface area contributed by atoms with Crippen molar-refractivity contribution in [2.75, 3.05) is 20.6 Å². The van der Waals surface area contributed by atoms with Gasteiger partial charge in [-0.15, -0.1) is 0 Å². The summed E-state index contributed by atoms with van der Waals surface area (Å²) >= 11 is 0. The molecule has 1 N–H and O–H groups in total. The lowest BCUT2D eigenvalue weighted by Crippen LogP contribution is -2.36. The van der Waals surface area contributed by atoms with Crippen molar-refractivity contribution in [3.05, 3.63) is 0 Å². The predicted molar refractivity (Wildman–Crippen MR) is 83.5 cm³/mol. The monoisotopic (exact) mass is 284 g/mol. The zero-order valence-electron chi connectivity index (χ0n) is 13.5. The maximum absolute atomic E-state index is 11.7. The number of carbonyl (C=O) groups is 2. The van der Waals surface area contributed by atoms with E-state index in [1.165, 1.54) is 49.8 Å². The van der Waals surface area contributed by atoms with Crippen LogP contribution in [-0.2, 0) is 9.59 Å². The van der Waals surface area contributed by atoms with Crippen LogP contribution < -0.4 is 5.32 Å². The highest BCUT2D eigenvalue weighted by Gasteiger charge is 2.11. The number of nitrogens with one attached hydrogen (secondary N) is 1. The number of likely N-dealkylation sites (N-methyl/N-ethyl adjacent to an activating group) is 2. The normalized spacial score (nSPS) is 10.3. The van der Waals surface area contributed by atoms with E-state index < -0.39 is 0 Å². The minimum atomic E-state index is -0.118. The molecule has 0 bridgehead atoms. The topological polar surface area (TPSA) is 49.4 Å². The van der Waals surface area contributed by atoms with Crippen LogP contribution in [0.25, 0.3) is 0 Å². The Kier molecular flexibility index (Phi) is 12.3. The first-order chi connectivity index (χ1) is 9.61. The summed E-state index contributed by atoms with van der Waals surface area (Å²) in [6.07, 6.45) is 11.8. The molecule has 4 nitrogen and oxygen atoms in total. The van der Waals surface area contributed by atoms with Crippen LogP contribution in [0.15, 0.2) is 0 Å². The minimum Gasteiger partial charge on any atom is -0.358 e. The third-order valence-corrected chi connectivity index (χ3v) is 3.58. The average Bonchev–Trinajstić information content (AvgIpc) is 2.45. The van der Waals surface area contributed by atoms with E-state index in [1.54, 1.807) is 14.1 Å². The van der Waals surface area contributed by atoms with Gasteiger partial charge in [-0.3, -0.25) is 9.59 Å². The first-order valence-electron chi connectivity index (χ1n) is 8.06. The van der Waals surface area contributed by atoms with E-state index in [0.717, 1.165) is 12.8 Å². The van der Waals surface area contributed by atoms with Gasteiger partial charge in [-0.1, -0.05) is 58.3 Å². The van der Waals surface area contributed by atoms with Crippen LogP contribution in [0.5, 0.6) is 0 Å². The van der Waals surface area contributed by atoms with Crippen LogP contribution in [0.2, 0.25) is 0 Å². The van der Waals surface area contributed by atoms with Crippen LogP contribution in [0.1, 0.15) is 71.1 Å². The molecule has 0 fully saturated rings. The quantitative estimate of drug-likeness (QED) is 0.560. The largest absolute Gasteiger partial charge is 0.358 e. The Morgan fingerprint density at radius 2 is 1.40 bits per heavy atom. The van der Waals surface area contributed by atoms with E-state index in [4.69, 9.17) is 0 Å². The number of hydrogen-bond donors (Lipinski definition) is 1. The van der Waals surface area contributed by atoms with E-state index in [9.17, 15) is 9.59 Å². The highest BCUT2D eigenvalue weighted by atomic mass is 16.2. The molecule has 0 aromatic carbocycles. The van der Waals surface area contributed by atoms with Crippen molar-refractivity contribution < 1.29 is 9.59 Å². The van der Waals surface area contributed by atoms with Gasteiger partial charge >= 0.3 is 0 Å². The van der Waals surface area contributed by atoms with Crippen molar-refractivity contribution in [1.29, 1.82) is 0 Å². The molecule has 0 rings (SSSR count). The van der Waals surface area contributed by atoms with Crippen molar-refractivity contribution in [2.45, 2.75) is 71.1 Å². The molecule has 118 valence electrons. The Morgan fingerprint density at radius 3 is 1.90 bits per heavy atom. The fraction of sp³-hybridized carbons (Fsp3) is 0.875. The molecule has 0 aliphatic carbocycles. The van der Waals surface area contributed by atoms with Crippen LogP contribution in [0.3, 0.4) is 0 Å². The summed E-state index contributed by atoms with van der Waals surface area (Å²) in [4.78, 5) is 24.4. The Balaban J connectivity index is 3.41. The van der Waals surface area contributed by atoms with Gasteiger partial charge in [-0.2, -0.15) is 0 Å². The predicted octanol–water partition coefficient (Wildman–Crippen LogP) is 3.11. The smallest absolute Gasteiger partial charge is 0.239 e. The van der Waals surface area contributed by atoms with E-state index in [0.29, 0.717) is 6.42 Å². The van der Waals surface area contributed by atoms with Crippen molar-refractivity contribution in [1.82, 2.24) is 10.2 Å². The van der Waals surface area contributed by atoms with Crippen LogP contribution in [0.4, 0.5) is 0 Å². The second-order valence-electron chi connectivity index (χ2n) is 5.50. The van der Waals surface area contributed by atoms with Gasteiger partial charge in [0.15, 0.2) is 0 Å². The van der Waals surface area contributed by atoms with Gasteiger partial charge < -0.3 is 10.2 Å². The number of unbranched alkanes of at least 4 members (excludes halogenated alkanes) is 8. The molecule has 0 saturated carbocycles. The lowest BCUT2D eigenvalue weighted by atomic mass is 10.1. The fourth-order valence-electron chi connectivity index (χ4n) is 2.16. The molecule has 0 aliphatic heterocycles. The number of nitrogens with zero attached hydrogens (tertiary/aromatic N) is 1. The summed E-state index contributed by atoms with van der Waals surface area (Å²) in [7, 11) is 3.27. The van der Waals surface area contributed by atoms with Gasteiger partial charge in [0.25, 0.3) is 0 Å². The second-order valence-corrected chi connectivity index (χ2v) is 5.50. The Labute approximate surface area is 124 Å². The van der Waals surface area contributed by atoms with Gasteiger partial charge in [0.2, 0.25) is 11.8 Å². The first-order valence-corrected chi connectivity index (χ1v) is 8.06. The Bertz CT molecular complexity index is 267. The fourth-order valence-corrected chi connectivity index (χ4v) is 2.16. The van der Waals surface area contributed by atoms with Crippen molar-refractivity contribution in [3.8, 4) is 0 Å². The number of amides is 2. The zero-order chi connectivity index (χ0) is 15.2. The maximum atomic E-state index is 11.7. The van der Waals surface area contributed by atoms with Crippen LogP contribution in [-0.4, -0.2) is 37.4 Å². The molecule has 0 heterocycles. The molecule has 0 unspecified atom stereocenters. The van der Waals surface area contributed by atoms with Crippen molar-refractivity contribution in [2.24, 2.45) is 0 Å². The molecule has 2 amide bonds. The summed E-state index contributed by atoms with van der Waals surface area (Å²) in [6.45, 7) is 2.39. The van der Waals surface area contributed by atoms with Gasteiger partial charge in [0.05, 0.1) is 6.54 Å². The van der Waals surface area contributed by atoms with Gasteiger partial charge in [-0.05, 0) is 6.42 Å². The summed E-state index contributed by atoms with van der Waals surface area (Å²) in [5.74, 6) is -0.0514. The average molecular weight is 284 g/mol. The van der Waals surface area contributed by atoms with E-state index in [-0.39, 0.29) is 18.4 Å². The zero-order valence-corrected chi connectivity index (χ0v) is 13.5. The van der Waals surface area contributed by atoms with Gasteiger partial charge in [-0.25, -0.2) is 0 Å². The molecule has 20 heavy (non-hydrogen) atoms. The molecule has 0 saturated heterocycles. The van der Waals surface area contributed by atoms with Crippen molar-refractivity contribution in [3.63, 3.8) is 0 Å². The SMILES string of the molecule is CCCCCCCCCCCC(=O)N(C)CC(=O)NC. The molecule has 4 heteroatoms. The molecular weight excluding hydrogens is 252 g/mol. The summed E-state index contributed by atoms with van der Waals surface area (Å²) in [5.41, 5.74) is 0. The third kappa shape index (κ3) is 10.8. The lowest BCUT2D eigenvalue weighted by Gasteiger charge is -2.15. The summed E-state index contributed by atoms with van der Waals surface area (Å²) in [6, 6.07) is 0. The summed E-state index contributed by atoms with van der Waals surface area (Å²) < 4.78 is 0. The minimum absolute atomic E-state index is 0.0662. The molecular formula is C16H32N2O2. The molecule has 0 radical (unpaired) electrons. The van der Waals surface area contributed by atoms with Crippen LogP contribution in [0, 0.1) is 0 Å². The molecule has 0 aromatic heterocycles. The highest BCUT2D eigenvalue weighted by Crippen LogP contribution is 2.10. The maximum Gasteiger partial charge on any atom is 0.239 e. The molecule has 0 aliphatic rings. The number of hydrogen-bond acceptors (Lipinski definition) is 2. The second kappa shape index (κ2) is 12.9. The molecule has 0 aromatic rings. The lowest BCUT2D eigenvalue weighted by molar-refractivity contribution is -0.134. The Hall–Kier alpha value is -1.06. The number of carbonyl (C=O) groups excluding carboxylic acids is 2. The molecule has 0 spiro atoms. The standard InChI is InChI=1S/C16H32N2O2/c1-4-5-6-7-8-9-10-11-12-13-16(20)18(3)14-15(19)17-2/h4-14H2,1-3H3,(H,17,19). The van der Waals surface area contributed by atoms with E-state index in [1.807, 2.05) is 0 Å². The van der Waals surface area contributed by atoms with Crippen LogP contribution >= 0.6 is 0 Å². The molecule has 0 atom stereocenters. The first kappa shape index (κ1) is 18.9.